The molecule has 2 aliphatic rings. The number of rotatable bonds is 2. The van der Waals surface area contributed by atoms with Crippen LogP contribution in [0.5, 0.6) is 0 Å². The van der Waals surface area contributed by atoms with Gasteiger partial charge in [-0.15, -0.1) is 0 Å². The summed E-state index contributed by atoms with van der Waals surface area (Å²) in [5.74, 6) is -0.117. The number of aliphatic hydroxyl groups excluding tert-OH is 2. The Morgan fingerprint density at radius 1 is 1.47 bits per heavy atom. The first-order valence-electron chi connectivity index (χ1n) is 6.98. The molecule has 0 aromatic carbocycles. The van der Waals surface area contributed by atoms with Crippen LogP contribution in [0.1, 0.15) is 40.0 Å². The lowest BCUT2D eigenvalue weighted by Crippen LogP contribution is -2.55. The summed E-state index contributed by atoms with van der Waals surface area (Å²) in [6, 6.07) is 0. The van der Waals surface area contributed by atoms with Crippen molar-refractivity contribution in [1.82, 2.24) is 0 Å². The van der Waals surface area contributed by atoms with Crippen molar-refractivity contribution in [2.45, 2.75) is 51.7 Å². The summed E-state index contributed by atoms with van der Waals surface area (Å²) < 4.78 is 0. The van der Waals surface area contributed by atoms with Gasteiger partial charge in [0.15, 0.2) is 5.78 Å². The SMILES string of the molecule is CC1=C[C@]2(CC1=O)[C@H](C)CC[C@@H]([C@](C)(O)CO)[C@H]2O. The van der Waals surface area contributed by atoms with Crippen molar-refractivity contribution in [3.05, 3.63) is 11.6 Å². The van der Waals surface area contributed by atoms with E-state index >= 15 is 0 Å². The lowest BCUT2D eigenvalue weighted by Gasteiger charge is -2.50. The topological polar surface area (TPSA) is 77.8 Å². The van der Waals surface area contributed by atoms with E-state index in [0.717, 1.165) is 6.42 Å². The van der Waals surface area contributed by atoms with Crippen LogP contribution in [-0.4, -0.2) is 39.4 Å². The average molecular weight is 268 g/mol. The van der Waals surface area contributed by atoms with E-state index < -0.39 is 23.0 Å². The van der Waals surface area contributed by atoms with Gasteiger partial charge in [-0.05, 0) is 38.2 Å². The average Bonchev–Trinajstić information content (AvgIpc) is 2.64. The molecule has 4 nitrogen and oxygen atoms in total. The Morgan fingerprint density at radius 3 is 2.58 bits per heavy atom. The zero-order valence-corrected chi connectivity index (χ0v) is 11.9. The van der Waals surface area contributed by atoms with Gasteiger partial charge in [-0.25, -0.2) is 0 Å². The van der Waals surface area contributed by atoms with Crippen molar-refractivity contribution in [1.29, 1.82) is 0 Å². The molecule has 0 heterocycles. The minimum atomic E-state index is -1.31. The van der Waals surface area contributed by atoms with Crippen molar-refractivity contribution < 1.29 is 20.1 Å². The van der Waals surface area contributed by atoms with Crippen molar-refractivity contribution in [2.75, 3.05) is 6.61 Å². The molecule has 0 radical (unpaired) electrons. The molecule has 1 saturated carbocycles. The van der Waals surface area contributed by atoms with Gasteiger partial charge in [-0.1, -0.05) is 13.0 Å². The Balaban J connectivity index is 2.36. The van der Waals surface area contributed by atoms with E-state index in [2.05, 4.69) is 6.92 Å². The molecule has 108 valence electrons. The molecule has 0 aromatic rings. The molecule has 1 fully saturated rings. The number of hydrogen-bond donors (Lipinski definition) is 3. The van der Waals surface area contributed by atoms with Gasteiger partial charge < -0.3 is 15.3 Å². The van der Waals surface area contributed by atoms with Crippen LogP contribution in [0.4, 0.5) is 0 Å². The summed E-state index contributed by atoms with van der Waals surface area (Å²) in [7, 11) is 0. The fourth-order valence-electron chi connectivity index (χ4n) is 3.75. The van der Waals surface area contributed by atoms with Gasteiger partial charge in [0.05, 0.1) is 18.3 Å². The van der Waals surface area contributed by atoms with Gasteiger partial charge in [0.2, 0.25) is 0 Å². The van der Waals surface area contributed by atoms with Crippen molar-refractivity contribution in [3.8, 4) is 0 Å². The number of hydrogen-bond acceptors (Lipinski definition) is 4. The van der Waals surface area contributed by atoms with Gasteiger partial charge in [0.25, 0.3) is 0 Å². The van der Waals surface area contributed by atoms with Crippen LogP contribution in [0.2, 0.25) is 0 Å². The van der Waals surface area contributed by atoms with Gasteiger partial charge in [-0.3, -0.25) is 4.79 Å². The van der Waals surface area contributed by atoms with Crippen LogP contribution in [0.3, 0.4) is 0 Å². The summed E-state index contributed by atoms with van der Waals surface area (Å²) in [4.78, 5) is 11.9. The summed E-state index contributed by atoms with van der Waals surface area (Å²) in [5.41, 5.74) is -1.17. The second-order valence-corrected chi connectivity index (χ2v) is 6.58. The molecule has 19 heavy (non-hydrogen) atoms. The Bertz CT molecular complexity index is 412. The second-order valence-electron chi connectivity index (χ2n) is 6.58. The first kappa shape index (κ1) is 14.7. The molecule has 0 aliphatic heterocycles. The number of aliphatic hydroxyl groups is 3. The number of allylic oxidation sites excluding steroid dienone is 1. The highest BCUT2D eigenvalue weighted by molar-refractivity contribution is 5.98. The Morgan fingerprint density at radius 2 is 2.11 bits per heavy atom. The smallest absolute Gasteiger partial charge is 0.159 e. The van der Waals surface area contributed by atoms with E-state index in [1.165, 1.54) is 0 Å². The maximum Gasteiger partial charge on any atom is 0.159 e. The maximum absolute atomic E-state index is 11.9. The lowest BCUT2D eigenvalue weighted by atomic mass is 9.58. The predicted molar refractivity (Wildman–Crippen MR) is 71.4 cm³/mol. The third-order valence-corrected chi connectivity index (χ3v) is 5.27. The fourth-order valence-corrected chi connectivity index (χ4v) is 3.75. The second kappa shape index (κ2) is 4.69. The molecule has 0 unspecified atom stereocenters. The van der Waals surface area contributed by atoms with Crippen molar-refractivity contribution >= 4 is 5.78 Å². The first-order valence-corrected chi connectivity index (χ1v) is 6.98. The molecule has 0 saturated heterocycles. The van der Waals surface area contributed by atoms with Crippen LogP contribution in [-0.2, 0) is 4.79 Å². The molecule has 0 bridgehead atoms. The highest BCUT2D eigenvalue weighted by atomic mass is 16.3. The van der Waals surface area contributed by atoms with Crippen LogP contribution >= 0.6 is 0 Å². The lowest BCUT2D eigenvalue weighted by molar-refractivity contribution is -0.151. The normalized spacial score (nSPS) is 42.3. The summed E-state index contributed by atoms with van der Waals surface area (Å²) >= 11 is 0. The first-order chi connectivity index (χ1) is 8.74. The minimum absolute atomic E-state index is 0.0789. The molecule has 4 heteroatoms. The van der Waals surface area contributed by atoms with E-state index in [4.69, 9.17) is 0 Å². The van der Waals surface area contributed by atoms with E-state index in [0.29, 0.717) is 18.4 Å². The van der Waals surface area contributed by atoms with E-state index in [1.54, 1.807) is 13.8 Å². The van der Waals surface area contributed by atoms with Gasteiger partial charge in [0.1, 0.15) is 0 Å². The standard InChI is InChI=1S/C15H24O4/c1-9-6-15(7-12(9)17)10(2)4-5-11(13(15)18)14(3,19)8-16/h6,10-11,13,16,18-19H,4-5,7-8H2,1-3H3/t10-,11-,13-,14-,15+/m1/s1. The molecule has 2 rings (SSSR count). The molecule has 5 atom stereocenters. The van der Waals surface area contributed by atoms with Crippen molar-refractivity contribution in [2.24, 2.45) is 17.3 Å². The van der Waals surface area contributed by atoms with E-state index in [1.807, 2.05) is 6.08 Å². The molecule has 0 amide bonds. The number of carbonyl (C=O) groups is 1. The summed E-state index contributed by atoms with van der Waals surface area (Å²) in [5, 5.41) is 30.3. The molecular weight excluding hydrogens is 244 g/mol. The predicted octanol–water partition coefficient (Wildman–Crippen LogP) is 1.04. The largest absolute Gasteiger partial charge is 0.393 e. The van der Waals surface area contributed by atoms with Crippen LogP contribution in [0.15, 0.2) is 11.6 Å². The third kappa shape index (κ3) is 2.16. The number of Topliss-reactive ketones (excluding diaryl/α,β-unsaturated/α-hetero) is 1. The highest BCUT2D eigenvalue weighted by Gasteiger charge is 2.55. The van der Waals surface area contributed by atoms with Crippen LogP contribution in [0, 0.1) is 17.3 Å². The van der Waals surface area contributed by atoms with Crippen LogP contribution < -0.4 is 0 Å². The minimum Gasteiger partial charge on any atom is -0.393 e. The van der Waals surface area contributed by atoms with Crippen LogP contribution in [0.25, 0.3) is 0 Å². The molecular formula is C15H24O4. The Labute approximate surface area is 114 Å². The van der Waals surface area contributed by atoms with Crippen molar-refractivity contribution in [3.63, 3.8) is 0 Å². The summed E-state index contributed by atoms with van der Waals surface area (Å²) in [6.45, 7) is 5.01. The monoisotopic (exact) mass is 268 g/mol. The number of ketones is 1. The molecule has 2 aliphatic carbocycles. The Kier molecular flexibility index (Phi) is 3.62. The third-order valence-electron chi connectivity index (χ3n) is 5.27. The van der Waals surface area contributed by atoms with Gasteiger partial charge in [0, 0.05) is 17.8 Å². The molecule has 1 spiro atoms. The number of carbonyl (C=O) groups excluding carboxylic acids is 1. The van der Waals surface area contributed by atoms with Gasteiger partial charge >= 0.3 is 0 Å². The highest BCUT2D eigenvalue weighted by Crippen LogP contribution is 2.53. The maximum atomic E-state index is 11.9. The van der Waals surface area contributed by atoms with E-state index in [9.17, 15) is 20.1 Å². The Hall–Kier alpha value is -0.710. The molecule has 3 N–H and O–H groups in total. The van der Waals surface area contributed by atoms with Gasteiger partial charge in [-0.2, -0.15) is 0 Å². The molecule has 0 aromatic heterocycles. The van der Waals surface area contributed by atoms with E-state index in [-0.39, 0.29) is 18.3 Å². The fraction of sp³-hybridized carbons (Fsp3) is 0.800. The zero-order chi connectivity index (χ0) is 14.4. The summed E-state index contributed by atoms with van der Waals surface area (Å²) in [6.07, 6.45) is 2.93. The zero-order valence-electron chi connectivity index (χ0n) is 11.9. The quantitative estimate of drug-likeness (QED) is 0.699.